The van der Waals surface area contributed by atoms with Crippen molar-refractivity contribution in [1.29, 1.82) is 0 Å². The number of ether oxygens (including phenoxy) is 1. The molecule has 3 aromatic heterocycles. The van der Waals surface area contributed by atoms with E-state index >= 15 is 0 Å². The van der Waals surface area contributed by atoms with Crippen LogP contribution in [0.4, 0.5) is 27.7 Å². The summed E-state index contributed by atoms with van der Waals surface area (Å²) in [5, 5.41) is 3.80. The molecule has 4 heterocycles. The molecule has 4 aromatic rings. The van der Waals surface area contributed by atoms with E-state index in [1.54, 1.807) is 30.6 Å². The maximum atomic E-state index is 13.8. The van der Waals surface area contributed by atoms with Gasteiger partial charge in [-0.2, -0.15) is 4.98 Å². The largest absolute Gasteiger partial charge is 0.383 e. The van der Waals surface area contributed by atoms with Crippen LogP contribution >= 0.6 is 0 Å². The van der Waals surface area contributed by atoms with Crippen molar-refractivity contribution >= 4 is 34.2 Å². The lowest BCUT2D eigenvalue weighted by molar-refractivity contribution is 0.122. The van der Waals surface area contributed by atoms with E-state index < -0.39 is 0 Å². The summed E-state index contributed by atoms with van der Waals surface area (Å²) in [5.41, 5.74) is 8.61. The number of pyridine rings is 2. The van der Waals surface area contributed by atoms with Crippen molar-refractivity contribution in [3.63, 3.8) is 0 Å². The number of fused-ring (bicyclic) bond motifs is 1. The molecular formula is C22H20FN7O. The Bertz CT molecular complexity index is 1230. The molecule has 9 heteroatoms. The topological polar surface area (TPSA) is 102 Å². The van der Waals surface area contributed by atoms with E-state index in [9.17, 15) is 4.39 Å². The lowest BCUT2D eigenvalue weighted by atomic mass is 10.1. The van der Waals surface area contributed by atoms with Gasteiger partial charge in [0.05, 0.1) is 30.8 Å². The summed E-state index contributed by atoms with van der Waals surface area (Å²) in [6, 6.07) is 11.8. The maximum Gasteiger partial charge on any atom is 0.229 e. The third-order valence-electron chi connectivity index (χ3n) is 5.08. The fraction of sp³-hybridized carbons (Fsp3) is 0.182. The summed E-state index contributed by atoms with van der Waals surface area (Å²) in [6.45, 7) is 3.04. The van der Waals surface area contributed by atoms with Crippen molar-refractivity contribution in [3.8, 4) is 11.3 Å². The molecular weight excluding hydrogens is 397 g/mol. The van der Waals surface area contributed by atoms with Gasteiger partial charge in [0.15, 0.2) is 0 Å². The molecule has 1 aliphatic rings. The number of nitrogens with two attached hydrogens (primary N) is 1. The van der Waals surface area contributed by atoms with Crippen LogP contribution in [-0.4, -0.2) is 46.2 Å². The molecule has 1 saturated heterocycles. The number of aromatic nitrogens is 4. The minimum absolute atomic E-state index is 0.311. The first kappa shape index (κ1) is 19.1. The van der Waals surface area contributed by atoms with Gasteiger partial charge in [0, 0.05) is 30.2 Å². The van der Waals surface area contributed by atoms with Gasteiger partial charge >= 0.3 is 0 Å². The summed E-state index contributed by atoms with van der Waals surface area (Å²) in [6.07, 6.45) is 3.34. The Morgan fingerprint density at radius 1 is 1.03 bits per heavy atom. The van der Waals surface area contributed by atoms with Gasteiger partial charge in [-0.05, 0) is 30.3 Å². The Labute approximate surface area is 177 Å². The van der Waals surface area contributed by atoms with Crippen LogP contribution in [0.5, 0.6) is 0 Å². The molecule has 1 fully saturated rings. The van der Waals surface area contributed by atoms with E-state index in [1.807, 2.05) is 12.1 Å². The highest BCUT2D eigenvalue weighted by atomic mass is 19.1. The van der Waals surface area contributed by atoms with E-state index in [2.05, 4.69) is 30.2 Å². The van der Waals surface area contributed by atoms with Crippen LogP contribution in [0.3, 0.4) is 0 Å². The Kier molecular flexibility index (Phi) is 5.01. The highest BCUT2D eigenvalue weighted by molar-refractivity contribution is 5.97. The van der Waals surface area contributed by atoms with Crippen molar-refractivity contribution < 1.29 is 9.13 Å². The predicted molar refractivity (Wildman–Crippen MR) is 118 cm³/mol. The third kappa shape index (κ3) is 3.95. The number of halogens is 1. The number of hydrogen-bond donors (Lipinski definition) is 2. The highest BCUT2D eigenvalue weighted by Crippen LogP contribution is 2.29. The molecule has 8 nitrogen and oxygen atoms in total. The van der Waals surface area contributed by atoms with Gasteiger partial charge in [-0.25, -0.2) is 14.4 Å². The monoisotopic (exact) mass is 417 g/mol. The highest BCUT2D eigenvalue weighted by Gasteiger charge is 2.14. The first-order valence-electron chi connectivity index (χ1n) is 9.91. The van der Waals surface area contributed by atoms with Crippen LogP contribution in [0, 0.1) is 5.82 Å². The van der Waals surface area contributed by atoms with Gasteiger partial charge in [0.1, 0.15) is 23.0 Å². The molecule has 0 spiro atoms. The second-order valence-corrected chi connectivity index (χ2v) is 7.13. The SMILES string of the molecule is Nc1nc(Nc2ccc(N3CCOCC3)nc2)nc2c(-c3cccc(F)c3)nccc12. The lowest BCUT2D eigenvalue weighted by Gasteiger charge is -2.27. The molecule has 0 bridgehead atoms. The van der Waals surface area contributed by atoms with Gasteiger partial charge < -0.3 is 20.7 Å². The van der Waals surface area contributed by atoms with Crippen molar-refractivity contribution in [2.75, 3.05) is 42.3 Å². The van der Waals surface area contributed by atoms with E-state index in [0.717, 1.165) is 24.6 Å². The Morgan fingerprint density at radius 3 is 2.68 bits per heavy atom. The van der Waals surface area contributed by atoms with Crippen LogP contribution in [0.25, 0.3) is 22.2 Å². The van der Waals surface area contributed by atoms with E-state index in [4.69, 9.17) is 10.5 Å². The first-order chi connectivity index (χ1) is 15.2. The Balaban J connectivity index is 1.47. The number of morpholine rings is 1. The molecule has 1 aromatic carbocycles. The number of benzene rings is 1. The summed E-state index contributed by atoms with van der Waals surface area (Å²) in [4.78, 5) is 20.1. The number of hydrogen-bond acceptors (Lipinski definition) is 8. The molecule has 0 aliphatic carbocycles. The number of nitrogens with zero attached hydrogens (tertiary/aromatic N) is 5. The lowest BCUT2D eigenvalue weighted by Crippen LogP contribution is -2.36. The van der Waals surface area contributed by atoms with E-state index in [-0.39, 0.29) is 5.82 Å². The van der Waals surface area contributed by atoms with Gasteiger partial charge in [-0.15, -0.1) is 0 Å². The van der Waals surface area contributed by atoms with Crippen molar-refractivity contribution in [1.82, 2.24) is 19.9 Å². The first-order valence-corrected chi connectivity index (χ1v) is 9.91. The molecule has 0 radical (unpaired) electrons. The predicted octanol–water partition coefficient (Wildman–Crippen LogP) is 3.39. The quantitative estimate of drug-likeness (QED) is 0.521. The minimum Gasteiger partial charge on any atom is -0.383 e. The minimum atomic E-state index is -0.344. The Hall–Kier alpha value is -3.85. The fourth-order valence-corrected chi connectivity index (χ4v) is 3.55. The zero-order valence-corrected chi connectivity index (χ0v) is 16.6. The number of nitrogens with one attached hydrogen (secondary N) is 1. The fourth-order valence-electron chi connectivity index (χ4n) is 3.55. The zero-order valence-electron chi connectivity index (χ0n) is 16.6. The standard InChI is InChI=1S/C22H20FN7O/c23-15-3-1-2-14(12-15)19-20-17(6-7-25-19)21(24)29-22(28-20)27-16-4-5-18(26-13-16)30-8-10-31-11-9-30/h1-7,12-13H,8-11H2,(H3,24,27,28,29). The van der Waals surface area contributed by atoms with Crippen LogP contribution in [0.1, 0.15) is 0 Å². The van der Waals surface area contributed by atoms with Crippen molar-refractivity contribution in [2.45, 2.75) is 0 Å². The molecule has 1 aliphatic heterocycles. The van der Waals surface area contributed by atoms with Gasteiger partial charge in [-0.3, -0.25) is 4.98 Å². The van der Waals surface area contributed by atoms with Gasteiger partial charge in [0.25, 0.3) is 0 Å². The normalized spacial score (nSPS) is 14.0. The van der Waals surface area contributed by atoms with Gasteiger partial charge in [-0.1, -0.05) is 12.1 Å². The molecule has 3 N–H and O–H groups in total. The number of nitrogen functional groups attached to an aromatic ring is 1. The molecule has 0 atom stereocenters. The maximum absolute atomic E-state index is 13.8. The van der Waals surface area contributed by atoms with Crippen molar-refractivity contribution in [2.24, 2.45) is 0 Å². The summed E-state index contributed by atoms with van der Waals surface area (Å²) >= 11 is 0. The molecule has 156 valence electrons. The van der Waals surface area contributed by atoms with E-state index in [1.165, 1.54) is 12.1 Å². The van der Waals surface area contributed by atoms with Crippen LogP contribution in [-0.2, 0) is 4.74 Å². The zero-order chi connectivity index (χ0) is 21.2. The van der Waals surface area contributed by atoms with Crippen LogP contribution in [0.2, 0.25) is 0 Å². The smallest absolute Gasteiger partial charge is 0.229 e. The van der Waals surface area contributed by atoms with Gasteiger partial charge in [0.2, 0.25) is 5.95 Å². The second-order valence-electron chi connectivity index (χ2n) is 7.13. The van der Waals surface area contributed by atoms with E-state index in [0.29, 0.717) is 47.1 Å². The van der Waals surface area contributed by atoms with Crippen LogP contribution < -0.4 is 16.0 Å². The molecule has 0 unspecified atom stereocenters. The molecule has 31 heavy (non-hydrogen) atoms. The van der Waals surface area contributed by atoms with Crippen molar-refractivity contribution in [3.05, 3.63) is 60.7 Å². The summed E-state index contributed by atoms with van der Waals surface area (Å²) in [7, 11) is 0. The molecule has 0 amide bonds. The van der Waals surface area contributed by atoms with Crippen LogP contribution in [0.15, 0.2) is 54.9 Å². The molecule has 5 rings (SSSR count). The summed E-state index contributed by atoms with van der Waals surface area (Å²) < 4.78 is 19.1. The summed E-state index contributed by atoms with van der Waals surface area (Å²) in [5.74, 6) is 1.18. The molecule has 0 saturated carbocycles. The average Bonchev–Trinajstić information content (AvgIpc) is 2.80. The average molecular weight is 417 g/mol. The second kappa shape index (κ2) is 8.11. The number of rotatable bonds is 4. The Morgan fingerprint density at radius 2 is 1.90 bits per heavy atom. The number of anilines is 4. The third-order valence-corrected chi connectivity index (χ3v) is 5.08.